The third-order valence-electron chi connectivity index (χ3n) is 10.4. The van der Waals surface area contributed by atoms with Crippen molar-refractivity contribution in [2.75, 3.05) is 13.1 Å². The maximum atomic E-state index is 11.4. The SMILES string of the molecule is Cc1nc2nc(C)c(CC3CCN(C4CCCCC(C5CCCCC(C=O)CCC5)CCC4)C3)c(C)n2n1. The van der Waals surface area contributed by atoms with Gasteiger partial charge in [-0.15, -0.1) is 0 Å². The van der Waals surface area contributed by atoms with Crippen molar-refractivity contribution in [1.82, 2.24) is 24.5 Å². The summed E-state index contributed by atoms with van der Waals surface area (Å²) in [6, 6.07) is 0.772. The third kappa shape index (κ3) is 6.66. The second-order valence-corrected chi connectivity index (χ2v) is 13.0. The molecule has 3 heterocycles. The molecule has 0 spiro atoms. The molecule has 6 nitrogen and oxygen atoms in total. The Hall–Kier alpha value is -1.82. The van der Waals surface area contributed by atoms with Gasteiger partial charge < -0.3 is 9.69 Å². The van der Waals surface area contributed by atoms with Crippen LogP contribution in [-0.2, 0) is 11.2 Å². The lowest BCUT2D eigenvalue weighted by Gasteiger charge is -2.29. The highest BCUT2D eigenvalue weighted by Crippen LogP contribution is 2.37. The van der Waals surface area contributed by atoms with Crippen LogP contribution in [0.4, 0.5) is 0 Å². The predicted molar refractivity (Wildman–Crippen MR) is 153 cm³/mol. The van der Waals surface area contributed by atoms with E-state index in [1.165, 1.54) is 114 Å². The predicted octanol–water partition coefficient (Wildman–Crippen LogP) is 6.82. The van der Waals surface area contributed by atoms with Crippen LogP contribution in [0.1, 0.15) is 119 Å². The molecule has 1 saturated heterocycles. The van der Waals surface area contributed by atoms with Crippen molar-refractivity contribution in [3.05, 3.63) is 22.8 Å². The lowest BCUT2D eigenvalue weighted by molar-refractivity contribution is -0.111. The van der Waals surface area contributed by atoms with Crippen LogP contribution in [0.5, 0.6) is 0 Å². The van der Waals surface area contributed by atoms with Gasteiger partial charge in [-0.1, -0.05) is 64.2 Å². The number of likely N-dealkylation sites (tertiary alicyclic amines) is 1. The second kappa shape index (κ2) is 13.0. The van der Waals surface area contributed by atoms with Gasteiger partial charge in [0.05, 0.1) is 0 Å². The van der Waals surface area contributed by atoms with E-state index >= 15 is 0 Å². The van der Waals surface area contributed by atoms with Crippen LogP contribution in [0.2, 0.25) is 0 Å². The van der Waals surface area contributed by atoms with Crippen molar-refractivity contribution in [2.45, 2.75) is 130 Å². The number of aromatic nitrogens is 4. The zero-order valence-corrected chi connectivity index (χ0v) is 24.3. The first-order valence-corrected chi connectivity index (χ1v) is 15.9. The van der Waals surface area contributed by atoms with E-state index in [4.69, 9.17) is 4.98 Å². The number of nitrogens with zero attached hydrogens (tertiary/aromatic N) is 5. The number of carbonyl (C=O) groups excluding carboxylic acids is 1. The zero-order valence-electron chi connectivity index (χ0n) is 24.3. The van der Waals surface area contributed by atoms with Crippen molar-refractivity contribution < 1.29 is 4.79 Å². The number of hydrogen-bond acceptors (Lipinski definition) is 5. The number of carbonyl (C=O) groups is 1. The molecule has 2 saturated carbocycles. The summed E-state index contributed by atoms with van der Waals surface area (Å²) in [5, 5.41) is 4.59. The minimum Gasteiger partial charge on any atom is -0.303 e. The van der Waals surface area contributed by atoms with Crippen LogP contribution in [-0.4, -0.2) is 49.9 Å². The van der Waals surface area contributed by atoms with Gasteiger partial charge in [-0.3, -0.25) is 0 Å². The quantitative estimate of drug-likeness (QED) is 0.404. The van der Waals surface area contributed by atoms with Crippen molar-refractivity contribution in [3.63, 3.8) is 0 Å². The van der Waals surface area contributed by atoms with E-state index in [1.807, 2.05) is 11.4 Å². The number of rotatable bonds is 5. The Bertz CT molecular complexity index is 1060. The van der Waals surface area contributed by atoms with Crippen LogP contribution in [0.25, 0.3) is 5.78 Å². The van der Waals surface area contributed by atoms with Crippen LogP contribution in [0, 0.1) is 44.4 Å². The molecule has 0 amide bonds. The molecule has 5 rings (SSSR count). The number of aldehydes is 1. The summed E-state index contributed by atoms with van der Waals surface area (Å²) in [6.07, 6.45) is 22.4. The fraction of sp³-hybridized carbons (Fsp3) is 0.812. The van der Waals surface area contributed by atoms with Gasteiger partial charge in [-0.2, -0.15) is 10.1 Å². The fourth-order valence-electron chi connectivity index (χ4n) is 8.13. The summed E-state index contributed by atoms with van der Waals surface area (Å²) < 4.78 is 1.94. The molecule has 0 radical (unpaired) electrons. The van der Waals surface area contributed by atoms with Crippen molar-refractivity contribution in [1.29, 1.82) is 0 Å². The standard InChI is InChI=1S/C32H51N5O/c1-23-31(24(2)37-32(33-23)34-25(3)35-37)20-27-18-19-36(21-27)30-16-7-6-13-29(15-9-17-30)28-12-5-4-10-26(22-38)11-8-14-28/h22,26-30H,4-21H2,1-3H3. The van der Waals surface area contributed by atoms with Gasteiger partial charge >= 0.3 is 0 Å². The molecule has 6 heteroatoms. The van der Waals surface area contributed by atoms with E-state index in [2.05, 4.69) is 28.8 Å². The van der Waals surface area contributed by atoms with Gasteiger partial charge in [0, 0.05) is 29.9 Å². The van der Waals surface area contributed by atoms with E-state index in [1.54, 1.807) is 0 Å². The summed E-state index contributed by atoms with van der Waals surface area (Å²) in [7, 11) is 0. The zero-order chi connectivity index (χ0) is 26.5. The molecule has 5 unspecified atom stereocenters. The van der Waals surface area contributed by atoms with E-state index in [9.17, 15) is 4.79 Å². The van der Waals surface area contributed by atoms with Crippen LogP contribution < -0.4 is 0 Å². The largest absolute Gasteiger partial charge is 0.303 e. The summed E-state index contributed by atoms with van der Waals surface area (Å²) in [5.41, 5.74) is 3.72. The first-order chi connectivity index (χ1) is 18.5. The average Bonchev–Trinajstić information content (AvgIpc) is 3.56. The molecule has 2 aromatic heterocycles. The highest BCUT2D eigenvalue weighted by molar-refractivity contribution is 5.53. The highest BCUT2D eigenvalue weighted by Gasteiger charge is 2.31. The Morgan fingerprint density at radius 3 is 2.18 bits per heavy atom. The Kier molecular flexibility index (Phi) is 9.50. The topological polar surface area (TPSA) is 63.4 Å². The molecule has 3 aliphatic rings. The van der Waals surface area contributed by atoms with Gasteiger partial charge in [-0.05, 0) is 89.2 Å². The molecule has 38 heavy (non-hydrogen) atoms. The molecule has 0 aromatic carbocycles. The van der Waals surface area contributed by atoms with Crippen molar-refractivity contribution in [2.24, 2.45) is 23.7 Å². The maximum absolute atomic E-state index is 11.4. The van der Waals surface area contributed by atoms with E-state index in [0.717, 1.165) is 54.4 Å². The van der Waals surface area contributed by atoms with Gasteiger partial charge in [0.25, 0.3) is 5.78 Å². The van der Waals surface area contributed by atoms with Crippen molar-refractivity contribution in [3.8, 4) is 0 Å². The van der Waals surface area contributed by atoms with E-state index in [0.29, 0.717) is 11.8 Å². The molecule has 210 valence electrons. The Morgan fingerprint density at radius 1 is 0.789 bits per heavy atom. The molecular formula is C32H51N5O. The normalized spacial score (nSPS) is 30.7. The minimum atomic E-state index is 0.332. The molecule has 2 aromatic rings. The van der Waals surface area contributed by atoms with Gasteiger partial charge in [-0.25, -0.2) is 9.50 Å². The molecule has 5 atom stereocenters. The monoisotopic (exact) mass is 521 g/mol. The highest BCUT2D eigenvalue weighted by atomic mass is 16.1. The van der Waals surface area contributed by atoms with Crippen LogP contribution >= 0.6 is 0 Å². The first kappa shape index (κ1) is 27.7. The second-order valence-electron chi connectivity index (χ2n) is 13.0. The van der Waals surface area contributed by atoms with Gasteiger partial charge in [0.2, 0.25) is 0 Å². The van der Waals surface area contributed by atoms with Crippen LogP contribution in [0.3, 0.4) is 0 Å². The van der Waals surface area contributed by atoms with Crippen LogP contribution in [0.15, 0.2) is 0 Å². The number of hydrogen-bond donors (Lipinski definition) is 0. The number of aryl methyl sites for hydroxylation is 3. The summed E-state index contributed by atoms with van der Waals surface area (Å²) in [6.45, 7) is 8.77. The fourth-order valence-corrected chi connectivity index (χ4v) is 8.13. The lowest BCUT2D eigenvalue weighted by atomic mass is 9.79. The van der Waals surface area contributed by atoms with E-state index in [-0.39, 0.29) is 0 Å². The summed E-state index contributed by atoms with van der Waals surface area (Å²) in [4.78, 5) is 23.5. The Labute approximate surface area is 230 Å². The molecule has 0 bridgehead atoms. The molecule has 3 fully saturated rings. The summed E-state index contributed by atoms with van der Waals surface area (Å²) >= 11 is 0. The molecule has 1 aliphatic heterocycles. The first-order valence-electron chi connectivity index (χ1n) is 15.9. The Balaban J connectivity index is 1.14. The maximum Gasteiger partial charge on any atom is 0.252 e. The molecule has 2 aliphatic carbocycles. The van der Waals surface area contributed by atoms with Gasteiger partial charge in [0.1, 0.15) is 12.1 Å². The molecule has 0 N–H and O–H groups in total. The molecular weight excluding hydrogens is 470 g/mol. The average molecular weight is 522 g/mol. The summed E-state index contributed by atoms with van der Waals surface area (Å²) in [5.74, 6) is 4.39. The van der Waals surface area contributed by atoms with Gasteiger partial charge in [0.15, 0.2) is 0 Å². The number of fused-ring (bicyclic) bond motifs is 1. The Morgan fingerprint density at radius 2 is 1.42 bits per heavy atom. The third-order valence-corrected chi connectivity index (χ3v) is 10.4. The van der Waals surface area contributed by atoms with E-state index < -0.39 is 0 Å². The minimum absolute atomic E-state index is 0.332. The smallest absolute Gasteiger partial charge is 0.252 e. The van der Waals surface area contributed by atoms with Crippen molar-refractivity contribution >= 4 is 12.1 Å². The lowest BCUT2D eigenvalue weighted by Crippen LogP contribution is -2.33.